The van der Waals surface area contributed by atoms with Gasteiger partial charge in [-0.2, -0.15) is 0 Å². The van der Waals surface area contributed by atoms with E-state index in [9.17, 15) is 8.78 Å². The highest BCUT2D eigenvalue weighted by Gasteiger charge is 2.14. The SMILES string of the molecule is CN1CCCC(NCc2ccc(F)c(F)c2)CC1. The Kier molecular flexibility index (Phi) is 4.66. The molecule has 1 saturated heterocycles. The molecule has 1 aliphatic rings. The molecule has 0 spiro atoms. The van der Waals surface area contributed by atoms with E-state index < -0.39 is 11.6 Å². The minimum absolute atomic E-state index is 0.475. The van der Waals surface area contributed by atoms with Gasteiger partial charge in [0.2, 0.25) is 0 Å². The van der Waals surface area contributed by atoms with Crippen molar-refractivity contribution in [2.45, 2.75) is 31.8 Å². The number of likely N-dealkylation sites (tertiary alicyclic amines) is 1. The average molecular weight is 254 g/mol. The molecule has 1 N–H and O–H groups in total. The van der Waals surface area contributed by atoms with Crippen molar-refractivity contribution in [3.8, 4) is 0 Å². The van der Waals surface area contributed by atoms with Crippen molar-refractivity contribution in [3.05, 3.63) is 35.4 Å². The molecule has 100 valence electrons. The van der Waals surface area contributed by atoms with Crippen molar-refractivity contribution >= 4 is 0 Å². The van der Waals surface area contributed by atoms with Gasteiger partial charge in [-0.25, -0.2) is 8.78 Å². The summed E-state index contributed by atoms with van der Waals surface area (Å²) in [6, 6.07) is 4.56. The maximum atomic E-state index is 13.1. The van der Waals surface area contributed by atoms with Crippen LogP contribution < -0.4 is 5.32 Å². The summed E-state index contributed by atoms with van der Waals surface area (Å²) in [6.07, 6.45) is 3.44. The molecule has 0 amide bonds. The van der Waals surface area contributed by atoms with Crippen LogP contribution in [0.2, 0.25) is 0 Å². The third-order valence-electron chi connectivity index (χ3n) is 3.53. The molecule has 2 rings (SSSR count). The van der Waals surface area contributed by atoms with E-state index in [0.29, 0.717) is 12.6 Å². The molecule has 1 fully saturated rings. The summed E-state index contributed by atoms with van der Waals surface area (Å²) in [4.78, 5) is 2.33. The summed E-state index contributed by atoms with van der Waals surface area (Å²) in [5.74, 6) is -1.55. The van der Waals surface area contributed by atoms with Crippen LogP contribution in [-0.2, 0) is 6.54 Å². The summed E-state index contributed by atoms with van der Waals surface area (Å²) < 4.78 is 25.8. The van der Waals surface area contributed by atoms with Crippen LogP contribution in [0.4, 0.5) is 8.78 Å². The Morgan fingerprint density at radius 2 is 2.06 bits per heavy atom. The third kappa shape index (κ3) is 3.75. The van der Waals surface area contributed by atoms with E-state index in [0.717, 1.165) is 31.5 Å². The van der Waals surface area contributed by atoms with Gasteiger partial charge in [0, 0.05) is 12.6 Å². The Labute approximate surface area is 107 Å². The number of nitrogens with zero attached hydrogens (tertiary/aromatic N) is 1. The van der Waals surface area contributed by atoms with Gasteiger partial charge in [0.05, 0.1) is 0 Å². The van der Waals surface area contributed by atoms with Crippen LogP contribution in [0.5, 0.6) is 0 Å². The molecule has 4 heteroatoms. The van der Waals surface area contributed by atoms with E-state index in [1.165, 1.54) is 18.6 Å². The third-order valence-corrected chi connectivity index (χ3v) is 3.53. The molecular formula is C14H20F2N2. The fraction of sp³-hybridized carbons (Fsp3) is 0.571. The van der Waals surface area contributed by atoms with Crippen molar-refractivity contribution in [3.63, 3.8) is 0 Å². The average Bonchev–Trinajstić information content (AvgIpc) is 2.56. The molecule has 1 aliphatic heterocycles. The Hall–Kier alpha value is -1.00. The number of rotatable bonds is 3. The molecule has 1 heterocycles. The van der Waals surface area contributed by atoms with Crippen molar-refractivity contribution in [1.82, 2.24) is 10.2 Å². The standard InChI is InChI=1S/C14H20F2N2/c1-18-7-2-3-12(6-8-18)17-10-11-4-5-13(15)14(16)9-11/h4-5,9,12,17H,2-3,6-8,10H2,1H3. The second kappa shape index (κ2) is 6.25. The highest BCUT2D eigenvalue weighted by Crippen LogP contribution is 2.12. The van der Waals surface area contributed by atoms with Gasteiger partial charge in [-0.1, -0.05) is 6.07 Å². The molecule has 0 saturated carbocycles. The van der Waals surface area contributed by atoms with Gasteiger partial charge in [-0.05, 0) is 57.1 Å². The van der Waals surface area contributed by atoms with Gasteiger partial charge < -0.3 is 10.2 Å². The molecule has 1 aromatic rings. The van der Waals surface area contributed by atoms with E-state index >= 15 is 0 Å². The minimum atomic E-state index is -0.783. The first kappa shape index (κ1) is 13.4. The van der Waals surface area contributed by atoms with Crippen molar-refractivity contribution < 1.29 is 8.78 Å². The van der Waals surface area contributed by atoms with Gasteiger partial charge in [-0.3, -0.25) is 0 Å². The second-order valence-electron chi connectivity index (χ2n) is 5.06. The van der Waals surface area contributed by atoms with Crippen molar-refractivity contribution in [1.29, 1.82) is 0 Å². The quantitative estimate of drug-likeness (QED) is 0.891. The van der Waals surface area contributed by atoms with E-state index in [1.807, 2.05) is 0 Å². The summed E-state index contributed by atoms with van der Waals surface area (Å²) in [7, 11) is 2.14. The summed E-state index contributed by atoms with van der Waals surface area (Å²) >= 11 is 0. The van der Waals surface area contributed by atoms with E-state index in [4.69, 9.17) is 0 Å². The molecule has 18 heavy (non-hydrogen) atoms. The molecule has 0 radical (unpaired) electrons. The fourth-order valence-corrected chi connectivity index (χ4v) is 2.36. The van der Waals surface area contributed by atoms with Gasteiger partial charge >= 0.3 is 0 Å². The Balaban J connectivity index is 1.85. The zero-order valence-corrected chi connectivity index (χ0v) is 10.8. The van der Waals surface area contributed by atoms with Crippen LogP contribution >= 0.6 is 0 Å². The fourth-order valence-electron chi connectivity index (χ4n) is 2.36. The van der Waals surface area contributed by atoms with Gasteiger partial charge in [-0.15, -0.1) is 0 Å². The Morgan fingerprint density at radius 1 is 1.22 bits per heavy atom. The molecular weight excluding hydrogens is 234 g/mol. The van der Waals surface area contributed by atoms with Crippen molar-refractivity contribution in [2.24, 2.45) is 0 Å². The number of benzene rings is 1. The maximum absolute atomic E-state index is 13.1. The molecule has 0 bridgehead atoms. The van der Waals surface area contributed by atoms with Gasteiger partial charge in [0.25, 0.3) is 0 Å². The number of nitrogens with one attached hydrogen (secondary N) is 1. The first-order valence-electron chi connectivity index (χ1n) is 6.51. The lowest BCUT2D eigenvalue weighted by Gasteiger charge is -2.16. The van der Waals surface area contributed by atoms with Crippen LogP contribution in [0.3, 0.4) is 0 Å². The highest BCUT2D eigenvalue weighted by atomic mass is 19.2. The summed E-state index contributed by atoms with van der Waals surface area (Å²) in [5, 5.41) is 3.43. The lowest BCUT2D eigenvalue weighted by atomic mass is 10.1. The Bertz CT molecular complexity index is 395. The molecule has 0 aliphatic carbocycles. The van der Waals surface area contributed by atoms with Crippen molar-refractivity contribution in [2.75, 3.05) is 20.1 Å². The molecule has 1 unspecified atom stereocenters. The predicted molar refractivity (Wildman–Crippen MR) is 68.3 cm³/mol. The normalized spacial score (nSPS) is 21.8. The number of hydrogen-bond acceptors (Lipinski definition) is 2. The van der Waals surface area contributed by atoms with Crippen LogP contribution in [0.15, 0.2) is 18.2 Å². The maximum Gasteiger partial charge on any atom is 0.159 e. The predicted octanol–water partition coefficient (Wildman–Crippen LogP) is 2.54. The highest BCUT2D eigenvalue weighted by molar-refractivity contribution is 5.17. The van der Waals surface area contributed by atoms with E-state index in [1.54, 1.807) is 6.07 Å². The van der Waals surface area contributed by atoms with E-state index in [-0.39, 0.29) is 0 Å². The zero-order chi connectivity index (χ0) is 13.0. The first-order chi connectivity index (χ1) is 8.65. The monoisotopic (exact) mass is 254 g/mol. The first-order valence-corrected chi connectivity index (χ1v) is 6.51. The van der Waals surface area contributed by atoms with Crippen LogP contribution in [-0.4, -0.2) is 31.1 Å². The van der Waals surface area contributed by atoms with Crippen LogP contribution in [0, 0.1) is 11.6 Å². The summed E-state index contributed by atoms with van der Waals surface area (Å²) in [5.41, 5.74) is 0.798. The number of halogens is 2. The minimum Gasteiger partial charge on any atom is -0.310 e. The van der Waals surface area contributed by atoms with Crippen LogP contribution in [0.1, 0.15) is 24.8 Å². The van der Waals surface area contributed by atoms with E-state index in [2.05, 4.69) is 17.3 Å². The van der Waals surface area contributed by atoms with Gasteiger partial charge in [0.15, 0.2) is 11.6 Å². The Morgan fingerprint density at radius 3 is 2.83 bits per heavy atom. The zero-order valence-electron chi connectivity index (χ0n) is 10.8. The molecule has 1 aromatic carbocycles. The smallest absolute Gasteiger partial charge is 0.159 e. The molecule has 2 nitrogen and oxygen atoms in total. The van der Waals surface area contributed by atoms with Gasteiger partial charge in [0.1, 0.15) is 0 Å². The lowest BCUT2D eigenvalue weighted by molar-refractivity contribution is 0.343. The largest absolute Gasteiger partial charge is 0.310 e. The topological polar surface area (TPSA) is 15.3 Å². The number of hydrogen-bond donors (Lipinski definition) is 1. The molecule has 1 atom stereocenters. The molecule has 0 aromatic heterocycles. The summed E-state index contributed by atoms with van der Waals surface area (Å²) in [6.45, 7) is 2.84. The lowest BCUT2D eigenvalue weighted by Crippen LogP contribution is -2.29. The second-order valence-corrected chi connectivity index (χ2v) is 5.06. The van der Waals surface area contributed by atoms with Crippen LogP contribution in [0.25, 0.3) is 0 Å².